The van der Waals surface area contributed by atoms with Gasteiger partial charge in [-0.1, -0.05) is 35.9 Å². The second kappa shape index (κ2) is 13.5. The van der Waals surface area contributed by atoms with Crippen LogP contribution in [0.3, 0.4) is 0 Å². The van der Waals surface area contributed by atoms with Crippen molar-refractivity contribution >= 4 is 48.3 Å². The molecule has 1 aliphatic carbocycles. The van der Waals surface area contributed by atoms with Gasteiger partial charge in [-0.15, -0.1) is 0 Å². The third-order valence-electron chi connectivity index (χ3n) is 8.80. The first-order valence-corrected chi connectivity index (χ1v) is 15.4. The minimum absolute atomic E-state index is 0.0515. The van der Waals surface area contributed by atoms with E-state index in [0.29, 0.717) is 34.1 Å². The molecule has 2 saturated heterocycles. The summed E-state index contributed by atoms with van der Waals surface area (Å²) in [5.41, 5.74) is 3.85. The quantitative estimate of drug-likeness (QED) is 0.188. The Kier molecular flexibility index (Phi) is 9.26. The number of nitrogens with zero attached hydrogens (tertiary/aromatic N) is 2. The van der Waals surface area contributed by atoms with E-state index >= 15 is 0 Å². The predicted octanol–water partition coefficient (Wildman–Crippen LogP) is 5.40. The topological polar surface area (TPSA) is 135 Å². The first-order valence-electron chi connectivity index (χ1n) is 15.0. The third-order valence-corrected chi connectivity index (χ3v) is 9.13. The summed E-state index contributed by atoms with van der Waals surface area (Å²) in [7, 11) is -0.0716. The lowest BCUT2D eigenvalue weighted by molar-refractivity contribution is -0.137. The number of benzene rings is 2. The van der Waals surface area contributed by atoms with Crippen LogP contribution in [0.1, 0.15) is 30.5 Å². The number of carbonyl (C=O) groups is 3. The first kappa shape index (κ1) is 31.5. The molecule has 2 N–H and O–H groups in total. The normalized spacial score (nSPS) is 22.9. The second-order valence-corrected chi connectivity index (χ2v) is 11.9. The maximum absolute atomic E-state index is 13.6. The predicted molar refractivity (Wildman–Crippen MR) is 170 cm³/mol. The number of hydrogen-bond acceptors (Lipinski definition) is 9. The van der Waals surface area contributed by atoms with Gasteiger partial charge in [-0.3, -0.25) is 14.6 Å². The van der Waals surface area contributed by atoms with Crippen molar-refractivity contribution in [2.45, 2.75) is 31.7 Å². The summed E-state index contributed by atoms with van der Waals surface area (Å²) in [6.45, 7) is 0.140. The number of amides is 3. The number of rotatable bonds is 8. The average molecular weight is 643 g/mol. The average Bonchev–Trinajstić information content (AvgIpc) is 3.31. The van der Waals surface area contributed by atoms with E-state index in [1.807, 2.05) is 54.6 Å². The lowest BCUT2D eigenvalue weighted by atomic mass is 9.58. The highest BCUT2D eigenvalue weighted by Crippen LogP contribution is 2.51. The summed E-state index contributed by atoms with van der Waals surface area (Å²) in [6, 6.07) is 19.6. The lowest BCUT2D eigenvalue weighted by Crippen LogP contribution is -2.46. The van der Waals surface area contributed by atoms with Crippen LogP contribution in [-0.2, 0) is 19.0 Å². The van der Waals surface area contributed by atoms with Crippen molar-refractivity contribution in [3.05, 3.63) is 100 Å². The van der Waals surface area contributed by atoms with Crippen LogP contribution >= 0.6 is 11.6 Å². The second-order valence-electron chi connectivity index (χ2n) is 11.5. The molecule has 0 bridgehead atoms. The van der Waals surface area contributed by atoms with Gasteiger partial charge in [0.1, 0.15) is 18.1 Å². The van der Waals surface area contributed by atoms with Gasteiger partial charge in [0, 0.05) is 6.20 Å². The number of aromatic nitrogens is 1. The molecule has 10 nitrogen and oxygen atoms in total. The molecule has 236 valence electrons. The van der Waals surface area contributed by atoms with Gasteiger partial charge in [0.05, 0.1) is 35.8 Å². The molecule has 12 heteroatoms. The van der Waals surface area contributed by atoms with E-state index in [-0.39, 0.29) is 25.1 Å². The Morgan fingerprint density at radius 1 is 1.11 bits per heavy atom. The first-order chi connectivity index (χ1) is 22.2. The summed E-state index contributed by atoms with van der Waals surface area (Å²) in [5, 5.41) is 21.2. The Balaban J connectivity index is 1.36. The van der Waals surface area contributed by atoms with Crippen molar-refractivity contribution in [2.24, 2.45) is 17.8 Å². The standard InChI is InChI=1S/C34H32BClN2O8/c1-44-34(42)38-32(40)25-16-22(19-45-24-7-3-2-4-8-24)30-26(31(25)33(38)41)18-35(43)46-29(30)13-11-21(28-9-5-6-14-37-28)15-20-10-12-23(39)17-27(20)36/h2-10,12,14-15,17,25-26,29,31,39,43H,11,13,16,18-19H2,1H3/b21-15-/t25-,26+,29-,31-/m1/s1. The number of para-hydroxylation sites is 1. The van der Waals surface area contributed by atoms with Crippen molar-refractivity contribution < 1.29 is 38.6 Å². The maximum atomic E-state index is 13.6. The number of allylic oxidation sites excluding steroid dienone is 1. The summed E-state index contributed by atoms with van der Waals surface area (Å²) in [6.07, 6.45) is 3.08. The summed E-state index contributed by atoms with van der Waals surface area (Å²) in [5.74, 6) is -2.74. The number of imide groups is 3. The van der Waals surface area contributed by atoms with E-state index in [9.17, 15) is 24.5 Å². The number of halogens is 1. The van der Waals surface area contributed by atoms with Gasteiger partial charge < -0.3 is 24.3 Å². The highest BCUT2D eigenvalue weighted by atomic mass is 35.5. The van der Waals surface area contributed by atoms with Crippen LogP contribution in [0.5, 0.6) is 11.5 Å². The van der Waals surface area contributed by atoms with Gasteiger partial charge in [0.15, 0.2) is 0 Å². The monoisotopic (exact) mass is 642 g/mol. The molecular formula is C34H32BClN2O8. The molecule has 0 radical (unpaired) electrons. The fourth-order valence-electron chi connectivity index (χ4n) is 6.79. The van der Waals surface area contributed by atoms with Gasteiger partial charge in [-0.05, 0) is 102 Å². The zero-order valence-corrected chi connectivity index (χ0v) is 25.8. The number of likely N-dealkylation sites (tertiary alicyclic amines) is 1. The molecule has 46 heavy (non-hydrogen) atoms. The van der Waals surface area contributed by atoms with Gasteiger partial charge in [0.25, 0.3) is 0 Å². The van der Waals surface area contributed by atoms with Gasteiger partial charge in [0.2, 0.25) is 11.8 Å². The third kappa shape index (κ3) is 6.31. The number of carbonyl (C=O) groups excluding carboxylic acids is 3. The van der Waals surface area contributed by atoms with Gasteiger partial charge in [-0.25, -0.2) is 4.79 Å². The van der Waals surface area contributed by atoms with Gasteiger partial charge in [-0.2, -0.15) is 4.90 Å². The number of phenols is 1. The number of pyridine rings is 1. The highest BCUT2D eigenvalue weighted by Gasteiger charge is 2.59. The molecule has 3 aromatic rings. The van der Waals surface area contributed by atoms with E-state index < -0.39 is 48.9 Å². The van der Waals surface area contributed by atoms with Crippen LogP contribution in [0.15, 0.2) is 84.1 Å². The van der Waals surface area contributed by atoms with Crippen LogP contribution < -0.4 is 4.74 Å². The van der Waals surface area contributed by atoms with Crippen LogP contribution in [0.25, 0.3) is 11.6 Å². The number of hydrogen-bond donors (Lipinski definition) is 2. The fraction of sp³-hybridized carbons (Fsp3) is 0.294. The Morgan fingerprint density at radius 3 is 2.61 bits per heavy atom. The molecule has 2 aliphatic heterocycles. The van der Waals surface area contributed by atoms with E-state index in [4.69, 9.17) is 25.7 Å². The zero-order valence-electron chi connectivity index (χ0n) is 25.0. The molecule has 2 fully saturated rings. The SMILES string of the molecule is COC(=O)N1C(=O)[C@@H]2[C@@H](CC(COc3ccccc3)=C3[C@@H](CC/C(=C/c4ccc(O)cc4Cl)c4ccccn4)OB(O)C[C@@H]32)C1=O. The molecule has 0 saturated carbocycles. The lowest BCUT2D eigenvalue weighted by Gasteiger charge is -2.43. The summed E-state index contributed by atoms with van der Waals surface area (Å²) < 4.78 is 17.1. The molecule has 4 atom stereocenters. The number of fused-ring (bicyclic) bond motifs is 3. The molecule has 3 aliphatic rings. The highest BCUT2D eigenvalue weighted by molar-refractivity contribution is 6.43. The van der Waals surface area contributed by atoms with Crippen molar-refractivity contribution in [1.82, 2.24) is 9.88 Å². The van der Waals surface area contributed by atoms with Crippen LogP contribution in [0.4, 0.5) is 4.79 Å². The molecule has 0 spiro atoms. The van der Waals surface area contributed by atoms with Crippen molar-refractivity contribution in [3.63, 3.8) is 0 Å². The van der Waals surface area contributed by atoms with E-state index in [1.54, 1.807) is 18.3 Å². The number of methoxy groups -OCH3 is 1. The summed E-state index contributed by atoms with van der Waals surface area (Å²) >= 11 is 6.45. The van der Waals surface area contributed by atoms with Crippen molar-refractivity contribution in [2.75, 3.05) is 13.7 Å². The number of phenolic OH excluding ortho intramolecular Hbond substituents is 1. The Hall–Kier alpha value is -4.45. The molecule has 6 rings (SSSR count). The van der Waals surface area contributed by atoms with Crippen molar-refractivity contribution in [3.8, 4) is 11.5 Å². The van der Waals surface area contributed by atoms with E-state index in [1.165, 1.54) is 6.07 Å². The minimum atomic E-state index is -1.20. The van der Waals surface area contributed by atoms with Crippen LogP contribution in [0, 0.1) is 17.8 Å². The fourth-order valence-corrected chi connectivity index (χ4v) is 7.02. The van der Waals surface area contributed by atoms with E-state index in [0.717, 1.165) is 29.5 Å². The largest absolute Gasteiger partial charge is 0.508 e. The van der Waals surface area contributed by atoms with Crippen molar-refractivity contribution in [1.29, 1.82) is 0 Å². The molecular weight excluding hydrogens is 611 g/mol. The van der Waals surface area contributed by atoms with Crippen LogP contribution in [0.2, 0.25) is 11.3 Å². The molecule has 1 aromatic heterocycles. The Bertz CT molecular complexity index is 1700. The number of aromatic hydroxyl groups is 1. The van der Waals surface area contributed by atoms with Gasteiger partial charge >= 0.3 is 13.2 Å². The minimum Gasteiger partial charge on any atom is -0.508 e. The smallest absolute Gasteiger partial charge is 0.455 e. The zero-order chi connectivity index (χ0) is 32.4. The van der Waals surface area contributed by atoms with E-state index in [2.05, 4.69) is 4.98 Å². The van der Waals surface area contributed by atoms with Crippen LogP contribution in [-0.4, -0.2) is 64.9 Å². The Labute approximate surface area is 271 Å². The molecule has 3 heterocycles. The maximum Gasteiger partial charge on any atom is 0.455 e. The molecule has 2 aromatic carbocycles. The Morgan fingerprint density at radius 2 is 1.89 bits per heavy atom. The number of ether oxygens (including phenoxy) is 2. The summed E-state index contributed by atoms with van der Waals surface area (Å²) in [4.78, 5) is 44.6. The molecule has 0 unspecified atom stereocenters. The molecule has 3 amide bonds.